The first-order valence-corrected chi connectivity index (χ1v) is 8.49. The van der Waals surface area contributed by atoms with Crippen LogP contribution in [0.4, 0.5) is 0 Å². The fraction of sp³-hybridized carbons (Fsp3) is 0.636. The molecule has 0 saturated heterocycles. The maximum absolute atomic E-state index is 11.7. The Bertz CT molecular complexity index is 468. The second-order valence-corrected chi connectivity index (χ2v) is 7.78. The molecule has 98 valence electrons. The summed E-state index contributed by atoms with van der Waals surface area (Å²) in [5.74, 6) is 0.453. The third kappa shape index (κ3) is 4.58. The zero-order chi connectivity index (χ0) is 13.1. The molecule has 1 heterocycles. The molecule has 0 bridgehead atoms. The van der Waals surface area contributed by atoms with Crippen molar-refractivity contribution >= 4 is 33.0 Å². The lowest BCUT2D eigenvalue weighted by Crippen LogP contribution is -2.29. The summed E-state index contributed by atoms with van der Waals surface area (Å²) in [4.78, 5) is 2.36. The van der Waals surface area contributed by atoms with Crippen LogP contribution in [-0.2, 0) is 10.0 Å². The van der Waals surface area contributed by atoms with E-state index in [-0.39, 0.29) is 11.8 Å². The summed E-state index contributed by atoms with van der Waals surface area (Å²) in [6, 6.07) is 1.86. The van der Waals surface area contributed by atoms with Gasteiger partial charge in [-0.3, -0.25) is 0 Å². The molecule has 0 amide bonds. The average Bonchev–Trinajstić information content (AvgIpc) is 2.54. The van der Waals surface area contributed by atoms with Crippen molar-refractivity contribution in [2.24, 2.45) is 0 Å². The molecule has 0 fully saturated rings. The van der Waals surface area contributed by atoms with Crippen LogP contribution in [0.2, 0.25) is 0 Å². The van der Waals surface area contributed by atoms with Crippen LogP contribution in [0.25, 0.3) is 0 Å². The quantitative estimate of drug-likeness (QED) is 0.820. The molecule has 0 aromatic carbocycles. The van der Waals surface area contributed by atoms with Crippen LogP contribution in [0.15, 0.2) is 6.07 Å². The predicted molar refractivity (Wildman–Crippen MR) is 74.5 cm³/mol. The molecule has 0 radical (unpaired) electrons. The van der Waals surface area contributed by atoms with Crippen LogP contribution >= 0.6 is 22.9 Å². The normalized spacial score (nSPS) is 13.9. The van der Waals surface area contributed by atoms with Gasteiger partial charge in [0.15, 0.2) is 0 Å². The summed E-state index contributed by atoms with van der Waals surface area (Å²) in [5.41, 5.74) is 1.06. The summed E-state index contributed by atoms with van der Waals surface area (Å²) >= 11 is 7.18. The fourth-order valence-electron chi connectivity index (χ4n) is 1.72. The van der Waals surface area contributed by atoms with Crippen molar-refractivity contribution in [1.29, 1.82) is 0 Å². The highest BCUT2D eigenvalue weighted by Crippen LogP contribution is 2.26. The van der Waals surface area contributed by atoms with Gasteiger partial charge in [-0.25, -0.2) is 13.1 Å². The number of alkyl halides is 1. The number of halogens is 1. The fourth-order valence-corrected chi connectivity index (χ4v) is 4.34. The topological polar surface area (TPSA) is 46.2 Å². The van der Waals surface area contributed by atoms with Gasteiger partial charge in [0.05, 0.1) is 5.75 Å². The molecular formula is C11H18ClNO2S2. The van der Waals surface area contributed by atoms with Gasteiger partial charge < -0.3 is 0 Å². The molecule has 0 saturated carbocycles. The van der Waals surface area contributed by atoms with Gasteiger partial charge >= 0.3 is 0 Å². The Kier molecular flexibility index (Phi) is 5.44. The highest BCUT2D eigenvalue weighted by atomic mass is 35.5. The molecule has 1 aromatic heterocycles. The van der Waals surface area contributed by atoms with E-state index in [1.807, 2.05) is 26.8 Å². The minimum Gasteiger partial charge on any atom is -0.212 e. The Labute approximate surface area is 112 Å². The van der Waals surface area contributed by atoms with Crippen LogP contribution < -0.4 is 4.72 Å². The van der Waals surface area contributed by atoms with E-state index in [2.05, 4.69) is 4.72 Å². The number of aryl methyl sites for hydroxylation is 2. The Morgan fingerprint density at radius 2 is 2.12 bits per heavy atom. The maximum atomic E-state index is 11.7. The van der Waals surface area contributed by atoms with Crippen molar-refractivity contribution in [3.05, 3.63) is 21.4 Å². The molecule has 3 nitrogen and oxygen atoms in total. The van der Waals surface area contributed by atoms with E-state index in [4.69, 9.17) is 11.6 Å². The molecule has 1 aromatic rings. The SMILES string of the molecule is Cc1cc(C(C)NS(=O)(=O)CCCCl)c(C)s1. The van der Waals surface area contributed by atoms with Crippen LogP contribution in [0.1, 0.15) is 34.7 Å². The van der Waals surface area contributed by atoms with Crippen molar-refractivity contribution < 1.29 is 8.42 Å². The first-order valence-electron chi connectivity index (χ1n) is 5.48. The van der Waals surface area contributed by atoms with Crippen molar-refractivity contribution in [2.45, 2.75) is 33.2 Å². The number of thiophene rings is 1. The minimum absolute atomic E-state index is 0.0863. The third-order valence-corrected chi connectivity index (χ3v) is 5.24. The van der Waals surface area contributed by atoms with Crippen LogP contribution in [0.5, 0.6) is 0 Å². The second-order valence-electron chi connectivity index (χ2n) is 4.07. The first kappa shape index (κ1) is 15.0. The van der Waals surface area contributed by atoms with Gasteiger partial charge in [0.25, 0.3) is 0 Å². The minimum atomic E-state index is -3.23. The van der Waals surface area contributed by atoms with E-state index < -0.39 is 10.0 Å². The maximum Gasteiger partial charge on any atom is 0.212 e. The average molecular weight is 296 g/mol. The van der Waals surface area contributed by atoms with Crippen LogP contribution in [0.3, 0.4) is 0 Å². The lowest BCUT2D eigenvalue weighted by atomic mass is 10.1. The molecule has 1 atom stereocenters. The smallest absolute Gasteiger partial charge is 0.212 e. The lowest BCUT2D eigenvalue weighted by Gasteiger charge is -2.13. The number of hydrogen-bond acceptors (Lipinski definition) is 3. The molecule has 6 heteroatoms. The summed E-state index contributed by atoms with van der Waals surface area (Å²) in [5, 5.41) is 0. The third-order valence-electron chi connectivity index (χ3n) is 2.45. The van der Waals surface area contributed by atoms with Crippen LogP contribution in [-0.4, -0.2) is 20.1 Å². The highest BCUT2D eigenvalue weighted by Gasteiger charge is 2.17. The van der Waals surface area contributed by atoms with Gasteiger partial charge in [0, 0.05) is 21.7 Å². The molecule has 1 N–H and O–H groups in total. The molecule has 0 aliphatic carbocycles. The van der Waals surface area contributed by atoms with Gasteiger partial charge in [-0.15, -0.1) is 22.9 Å². The zero-order valence-electron chi connectivity index (χ0n) is 10.3. The molecule has 1 unspecified atom stereocenters. The molecule has 17 heavy (non-hydrogen) atoms. The Balaban J connectivity index is 2.72. The Morgan fingerprint density at radius 1 is 1.47 bits per heavy atom. The Morgan fingerprint density at radius 3 is 2.59 bits per heavy atom. The molecular weight excluding hydrogens is 278 g/mol. The van der Waals surface area contributed by atoms with E-state index in [1.165, 1.54) is 4.88 Å². The van der Waals surface area contributed by atoms with Gasteiger partial charge in [0.1, 0.15) is 0 Å². The summed E-state index contributed by atoms with van der Waals surface area (Å²) in [7, 11) is -3.23. The second kappa shape index (κ2) is 6.18. The standard InChI is InChI=1S/C11H18ClNO2S2/c1-8-7-11(10(3)16-8)9(2)13-17(14,15)6-4-5-12/h7,9,13H,4-6H2,1-3H3. The zero-order valence-corrected chi connectivity index (χ0v) is 12.7. The van der Waals surface area contributed by atoms with Crippen molar-refractivity contribution in [3.63, 3.8) is 0 Å². The molecule has 1 rings (SSSR count). The van der Waals surface area contributed by atoms with E-state index in [9.17, 15) is 8.42 Å². The van der Waals surface area contributed by atoms with Gasteiger partial charge in [0.2, 0.25) is 10.0 Å². The van der Waals surface area contributed by atoms with Crippen molar-refractivity contribution in [3.8, 4) is 0 Å². The number of rotatable bonds is 6. The van der Waals surface area contributed by atoms with E-state index in [1.54, 1.807) is 11.3 Å². The van der Waals surface area contributed by atoms with Crippen molar-refractivity contribution in [2.75, 3.05) is 11.6 Å². The van der Waals surface area contributed by atoms with E-state index in [0.717, 1.165) is 10.4 Å². The number of hydrogen-bond donors (Lipinski definition) is 1. The summed E-state index contributed by atoms with van der Waals surface area (Å²) in [6.45, 7) is 5.90. The number of nitrogens with one attached hydrogen (secondary N) is 1. The van der Waals surface area contributed by atoms with Gasteiger partial charge in [-0.2, -0.15) is 0 Å². The summed E-state index contributed by atoms with van der Waals surface area (Å²) in [6.07, 6.45) is 0.477. The van der Waals surface area contributed by atoms with E-state index >= 15 is 0 Å². The largest absolute Gasteiger partial charge is 0.212 e. The lowest BCUT2D eigenvalue weighted by molar-refractivity contribution is 0.565. The summed E-state index contributed by atoms with van der Waals surface area (Å²) < 4.78 is 26.1. The molecule has 0 aliphatic heterocycles. The molecule has 0 spiro atoms. The number of sulfonamides is 1. The van der Waals surface area contributed by atoms with Crippen molar-refractivity contribution in [1.82, 2.24) is 4.72 Å². The molecule has 0 aliphatic rings. The highest BCUT2D eigenvalue weighted by molar-refractivity contribution is 7.89. The monoisotopic (exact) mass is 295 g/mol. The first-order chi connectivity index (χ1) is 7.85. The van der Waals surface area contributed by atoms with E-state index in [0.29, 0.717) is 12.3 Å². The predicted octanol–water partition coefficient (Wildman–Crippen LogP) is 2.97. The van der Waals surface area contributed by atoms with Gasteiger partial charge in [-0.1, -0.05) is 0 Å². The van der Waals surface area contributed by atoms with Crippen LogP contribution in [0, 0.1) is 13.8 Å². The Hall–Kier alpha value is -0.100. The van der Waals surface area contributed by atoms with Gasteiger partial charge in [-0.05, 0) is 38.8 Å².